The third-order valence-corrected chi connectivity index (χ3v) is 6.35. The summed E-state index contributed by atoms with van der Waals surface area (Å²) in [6.07, 6.45) is 0. The van der Waals surface area contributed by atoms with Crippen LogP contribution in [0, 0.1) is 6.92 Å². The maximum Gasteiger partial charge on any atom is 0.163 e. The third-order valence-electron chi connectivity index (χ3n) is 3.46. The number of phenolic OH excluding ortho intramolecular Hbond substituents is 1. The van der Waals surface area contributed by atoms with Crippen molar-refractivity contribution in [2.45, 2.75) is 50.0 Å². The molecule has 1 nitrogen and oxygen atoms in total. The molecule has 0 amide bonds. The van der Waals surface area contributed by atoms with Crippen LogP contribution in [-0.2, 0) is 10.9 Å². The molecule has 1 N–H and O–H groups in total. The number of hydrogen-bond acceptors (Lipinski definition) is 1. The third kappa shape index (κ3) is 2.59. The molecular weight excluding hydrogens is 252 g/mol. The molecule has 2 rings (SSSR count). The quantitative estimate of drug-likeness (QED) is 0.809. The van der Waals surface area contributed by atoms with Crippen LogP contribution in [0.3, 0.4) is 0 Å². The molecule has 0 heterocycles. The maximum atomic E-state index is 10.1. The second kappa shape index (κ2) is 5.46. The van der Waals surface area contributed by atoms with Crippen molar-refractivity contribution < 1.29 is 5.11 Å². The van der Waals surface area contributed by atoms with Gasteiger partial charge in [0.2, 0.25) is 0 Å². The fourth-order valence-corrected chi connectivity index (χ4v) is 5.55. The topological polar surface area (TPSA) is 20.2 Å². The number of benzene rings is 2. The average Bonchev–Trinajstić information content (AvgIpc) is 2.31. The smallest absolute Gasteiger partial charge is 0.163 e. The Morgan fingerprint density at radius 3 is 2.16 bits per heavy atom. The SMILES string of the molecule is Cc1ccc([S+](C(C)C)C(C)C)c2cccc(O)c12. The Morgan fingerprint density at radius 2 is 1.58 bits per heavy atom. The van der Waals surface area contributed by atoms with Crippen molar-refractivity contribution in [2.24, 2.45) is 0 Å². The molecular formula is C17H23OS+. The van der Waals surface area contributed by atoms with Gasteiger partial charge in [-0.25, -0.2) is 0 Å². The van der Waals surface area contributed by atoms with Gasteiger partial charge in [-0.1, -0.05) is 12.1 Å². The van der Waals surface area contributed by atoms with E-state index in [2.05, 4.69) is 52.8 Å². The highest BCUT2D eigenvalue weighted by Gasteiger charge is 2.32. The second-order valence-electron chi connectivity index (χ2n) is 5.55. The van der Waals surface area contributed by atoms with Gasteiger partial charge in [0.05, 0.1) is 0 Å². The molecule has 2 heteroatoms. The molecule has 0 fully saturated rings. The molecule has 0 saturated heterocycles. The predicted octanol–water partition coefficient (Wildman–Crippen LogP) is 4.65. The summed E-state index contributed by atoms with van der Waals surface area (Å²) >= 11 is 0. The fourth-order valence-electron chi connectivity index (χ4n) is 2.79. The minimum absolute atomic E-state index is 0.206. The molecule has 0 bridgehead atoms. The van der Waals surface area contributed by atoms with Crippen LogP contribution in [0.1, 0.15) is 33.3 Å². The lowest BCUT2D eigenvalue weighted by atomic mass is 10.0. The molecule has 0 saturated carbocycles. The molecule has 0 atom stereocenters. The first-order chi connectivity index (χ1) is 8.93. The van der Waals surface area contributed by atoms with Crippen LogP contribution >= 0.6 is 0 Å². The Labute approximate surface area is 119 Å². The van der Waals surface area contributed by atoms with Crippen LogP contribution in [0.25, 0.3) is 10.8 Å². The van der Waals surface area contributed by atoms with Gasteiger partial charge in [0.25, 0.3) is 0 Å². The van der Waals surface area contributed by atoms with E-state index in [4.69, 9.17) is 0 Å². The molecule has 0 aliphatic carbocycles. The number of fused-ring (bicyclic) bond motifs is 1. The van der Waals surface area contributed by atoms with Gasteiger partial charge in [-0.2, -0.15) is 0 Å². The largest absolute Gasteiger partial charge is 0.507 e. The maximum absolute atomic E-state index is 10.1. The van der Waals surface area contributed by atoms with Crippen molar-refractivity contribution in [3.63, 3.8) is 0 Å². The van der Waals surface area contributed by atoms with E-state index < -0.39 is 0 Å². The van der Waals surface area contributed by atoms with E-state index in [1.165, 1.54) is 10.3 Å². The van der Waals surface area contributed by atoms with Crippen LogP contribution in [0.2, 0.25) is 0 Å². The van der Waals surface area contributed by atoms with E-state index in [1.54, 1.807) is 6.07 Å². The van der Waals surface area contributed by atoms with Crippen LogP contribution < -0.4 is 0 Å². The van der Waals surface area contributed by atoms with E-state index in [0.717, 1.165) is 10.9 Å². The zero-order valence-electron chi connectivity index (χ0n) is 12.4. The Kier molecular flexibility index (Phi) is 4.10. The molecule has 2 aromatic rings. The van der Waals surface area contributed by atoms with Gasteiger partial charge < -0.3 is 5.11 Å². The highest BCUT2D eigenvalue weighted by molar-refractivity contribution is 7.98. The van der Waals surface area contributed by atoms with E-state index in [9.17, 15) is 5.11 Å². The monoisotopic (exact) mass is 275 g/mol. The Balaban J connectivity index is 2.74. The van der Waals surface area contributed by atoms with Crippen molar-refractivity contribution in [3.8, 4) is 5.75 Å². The number of aromatic hydroxyl groups is 1. The molecule has 19 heavy (non-hydrogen) atoms. The lowest BCUT2D eigenvalue weighted by Crippen LogP contribution is -2.24. The van der Waals surface area contributed by atoms with E-state index >= 15 is 0 Å². The van der Waals surface area contributed by atoms with Crippen LogP contribution in [0.5, 0.6) is 5.75 Å². The number of aryl methyl sites for hydroxylation is 1. The van der Waals surface area contributed by atoms with E-state index in [0.29, 0.717) is 16.2 Å². The summed E-state index contributed by atoms with van der Waals surface area (Å²) in [4.78, 5) is 1.39. The molecule has 0 aliphatic heterocycles. The molecule has 0 aromatic heterocycles. The highest BCUT2D eigenvalue weighted by Crippen LogP contribution is 2.35. The minimum atomic E-state index is 0.206. The Bertz CT molecular complexity index is 571. The van der Waals surface area contributed by atoms with Crippen molar-refractivity contribution in [3.05, 3.63) is 35.9 Å². The summed E-state index contributed by atoms with van der Waals surface area (Å²) in [5, 5.41) is 13.6. The number of hydrogen-bond donors (Lipinski definition) is 1. The molecule has 0 unspecified atom stereocenters. The van der Waals surface area contributed by atoms with E-state index in [-0.39, 0.29) is 10.9 Å². The van der Waals surface area contributed by atoms with Gasteiger partial charge in [0.15, 0.2) is 4.90 Å². The fraction of sp³-hybridized carbons (Fsp3) is 0.412. The van der Waals surface area contributed by atoms with Crippen molar-refractivity contribution in [1.29, 1.82) is 0 Å². The highest BCUT2D eigenvalue weighted by atomic mass is 32.2. The summed E-state index contributed by atoms with van der Waals surface area (Å²) in [5.74, 6) is 0.396. The van der Waals surface area contributed by atoms with Gasteiger partial charge in [-0.05, 0) is 58.4 Å². The summed E-state index contributed by atoms with van der Waals surface area (Å²) in [6.45, 7) is 11.2. The number of phenols is 1. The molecule has 0 aliphatic rings. The standard InChI is InChI=1S/C17H22OS/c1-11(2)19(12(3)4)16-10-9-13(5)17-14(16)7-6-8-15(17)18/h6-12H,1-5H3/p+1. The lowest BCUT2D eigenvalue weighted by molar-refractivity contribution is 0.481. The van der Waals surface area contributed by atoms with Crippen molar-refractivity contribution in [1.82, 2.24) is 0 Å². The molecule has 0 radical (unpaired) electrons. The average molecular weight is 275 g/mol. The van der Waals surface area contributed by atoms with Crippen molar-refractivity contribution >= 4 is 21.7 Å². The zero-order chi connectivity index (χ0) is 14.2. The zero-order valence-corrected chi connectivity index (χ0v) is 13.2. The summed E-state index contributed by atoms with van der Waals surface area (Å²) < 4.78 is 0. The Hall–Kier alpha value is -1.15. The molecule has 0 spiro atoms. The minimum Gasteiger partial charge on any atom is -0.507 e. The van der Waals surface area contributed by atoms with Crippen LogP contribution in [0.15, 0.2) is 35.2 Å². The lowest BCUT2D eigenvalue weighted by Gasteiger charge is -2.18. The van der Waals surface area contributed by atoms with Crippen molar-refractivity contribution in [2.75, 3.05) is 0 Å². The first kappa shape index (κ1) is 14.3. The van der Waals surface area contributed by atoms with E-state index in [1.807, 2.05) is 6.07 Å². The first-order valence-electron chi connectivity index (χ1n) is 6.86. The summed E-state index contributed by atoms with van der Waals surface area (Å²) in [6, 6.07) is 10.3. The van der Waals surface area contributed by atoms with Gasteiger partial charge in [-0.15, -0.1) is 0 Å². The van der Waals surface area contributed by atoms with Gasteiger partial charge >= 0.3 is 0 Å². The normalized spacial score (nSPS) is 12.0. The summed E-state index contributed by atoms with van der Waals surface area (Å²) in [5.41, 5.74) is 1.15. The first-order valence-corrected chi connectivity index (χ1v) is 8.21. The van der Waals surface area contributed by atoms with Crippen LogP contribution in [0.4, 0.5) is 0 Å². The predicted molar refractivity (Wildman–Crippen MR) is 86.3 cm³/mol. The van der Waals surface area contributed by atoms with Crippen LogP contribution in [-0.4, -0.2) is 15.6 Å². The number of rotatable bonds is 3. The molecule has 2 aromatic carbocycles. The second-order valence-corrected chi connectivity index (χ2v) is 8.62. The van der Waals surface area contributed by atoms with Gasteiger partial charge in [0, 0.05) is 21.7 Å². The van der Waals surface area contributed by atoms with Gasteiger partial charge in [0.1, 0.15) is 16.2 Å². The molecule has 102 valence electrons. The van der Waals surface area contributed by atoms with Gasteiger partial charge in [-0.3, -0.25) is 0 Å². The Morgan fingerprint density at radius 1 is 0.947 bits per heavy atom. The summed E-state index contributed by atoms with van der Waals surface area (Å²) in [7, 11) is 0.206.